The van der Waals surface area contributed by atoms with E-state index in [1.54, 1.807) is 13.0 Å². The predicted octanol–water partition coefficient (Wildman–Crippen LogP) is 2.76. The average molecular weight is 225 g/mol. The number of halogens is 2. The van der Waals surface area contributed by atoms with Gasteiger partial charge < -0.3 is 5.11 Å². The van der Waals surface area contributed by atoms with Crippen molar-refractivity contribution in [3.8, 4) is 6.07 Å². The van der Waals surface area contributed by atoms with Crippen LogP contribution in [0.1, 0.15) is 40.4 Å². The molecule has 1 aromatic carbocycles. The first-order chi connectivity index (χ1) is 7.51. The number of aryl methyl sites for hydroxylation is 1. The van der Waals surface area contributed by atoms with Crippen molar-refractivity contribution in [3.05, 3.63) is 34.4 Å². The summed E-state index contributed by atoms with van der Waals surface area (Å²) in [7, 11) is 0. The van der Waals surface area contributed by atoms with Crippen LogP contribution in [-0.2, 0) is 6.42 Å². The van der Waals surface area contributed by atoms with Crippen LogP contribution < -0.4 is 0 Å². The van der Waals surface area contributed by atoms with Crippen molar-refractivity contribution in [2.45, 2.75) is 19.8 Å². The van der Waals surface area contributed by atoms with Gasteiger partial charge in [0.25, 0.3) is 6.43 Å². The lowest BCUT2D eigenvalue weighted by Gasteiger charge is -2.09. The molecular formula is C11H9F2NO2. The zero-order valence-electron chi connectivity index (χ0n) is 8.50. The van der Waals surface area contributed by atoms with Crippen molar-refractivity contribution in [2.24, 2.45) is 0 Å². The van der Waals surface area contributed by atoms with Crippen molar-refractivity contribution >= 4 is 5.97 Å². The third-order valence-corrected chi connectivity index (χ3v) is 2.25. The summed E-state index contributed by atoms with van der Waals surface area (Å²) in [6.45, 7) is 1.65. The normalized spacial score (nSPS) is 10.2. The second kappa shape index (κ2) is 4.71. The minimum atomic E-state index is -2.70. The van der Waals surface area contributed by atoms with Crippen molar-refractivity contribution < 1.29 is 18.7 Å². The first-order valence-electron chi connectivity index (χ1n) is 4.59. The lowest BCUT2D eigenvalue weighted by atomic mass is 9.97. The summed E-state index contributed by atoms with van der Waals surface area (Å²) >= 11 is 0. The number of nitrogens with zero attached hydrogens (tertiary/aromatic N) is 1. The van der Waals surface area contributed by atoms with E-state index < -0.39 is 12.4 Å². The third kappa shape index (κ3) is 2.16. The summed E-state index contributed by atoms with van der Waals surface area (Å²) in [6, 6.07) is 3.70. The molecule has 0 aliphatic heterocycles. The molecular weight excluding hydrogens is 216 g/mol. The highest BCUT2D eigenvalue weighted by atomic mass is 19.3. The van der Waals surface area contributed by atoms with Gasteiger partial charge in [0, 0.05) is 5.56 Å². The second-order valence-electron chi connectivity index (χ2n) is 3.17. The Hall–Kier alpha value is -1.96. The van der Waals surface area contributed by atoms with E-state index in [9.17, 15) is 13.6 Å². The Balaban J connectivity index is 3.48. The number of carboxylic acid groups (broad SMARTS) is 1. The maximum Gasteiger partial charge on any atom is 0.337 e. The quantitative estimate of drug-likeness (QED) is 0.860. The van der Waals surface area contributed by atoms with Gasteiger partial charge >= 0.3 is 5.97 Å². The van der Waals surface area contributed by atoms with Gasteiger partial charge in [0.2, 0.25) is 0 Å². The first-order valence-corrected chi connectivity index (χ1v) is 4.59. The van der Waals surface area contributed by atoms with Gasteiger partial charge in [-0.05, 0) is 24.1 Å². The van der Waals surface area contributed by atoms with Gasteiger partial charge in [-0.1, -0.05) is 6.92 Å². The largest absolute Gasteiger partial charge is 0.478 e. The highest BCUT2D eigenvalue weighted by molar-refractivity contribution is 5.91. The number of hydrogen-bond donors (Lipinski definition) is 1. The van der Waals surface area contributed by atoms with Gasteiger partial charge in [0.1, 0.15) is 6.07 Å². The number of nitriles is 1. The molecule has 0 saturated carbocycles. The maximum atomic E-state index is 12.6. The molecule has 1 N–H and O–H groups in total. The molecule has 0 aliphatic carbocycles. The molecule has 0 radical (unpaired) electrons. The Morgan fingerprint density at radius 1 is 1.56 bits per heavy atom. The third-order valence-electron chi connectivity index (χ3n) is 2.25. The summed E-state index contributed by atoms with van der Waals surface area (Å²) in [6.07, 6.45) is -2.41. The van der Waals surface area contributed by atoms with E-state index in [2.05, 4.69) is 0 Å². The topological polar surface area (TPSA) is 61.1 Å². The molecule has 0 aliphatic rings. The minimum absolute atomic E-state index is 0.233. The van der Waals surface area contributed by atoms with Gasteiger partial charge in [-0.15, -0.1) is 0 Å². The van der Waals surface area contributed by atoms with Crippen molar-refractivity contribution in [1.82, 2.24) is 0 Å². The fourth-order valence-electron chi connectivity index (χ4n) is 1.44. The molecule has 0 heterocycles. The Labute approximate surface area is 90.9 Å². The molecule has 0 bridgehead atoms. The fraction of sp³-hybridized carbons (Fsp3) is 0.273. The average Bonchev–Trinajstić information content (AvgIpc) is 2.26. The smallest absolute Gasteiger partial charge is 0.337 e. The highest BCUT2D eigenvalue weighted by Gasteiger charge is 2.18. The zero-order chi connectivity index (χ0) is 12.3. The Bertz CT molecular complexity index is 464. The molecule has 0 fully saturated rings. The second-order valence-corrected chi connectivity index (χ2v) is 3.17. The van der Waals surface area contributed by atoms with E-state index in [-0.39, 0.29) is 22.3 Å². The molecule has 1 rings (SSSR count). The number of hydrogen-bond acceptors (Lipinski definition) is 2. The van der Waals surface area contributed by atoms with Gasteiger partial charge in [0.15, 0.2) is 0 Å². The van der Waals surface area contributed by atoms with Crippen molar-refractivity contribution in [1.29, 1.82) is 5.26 Å². The van der Waals surface area contributed by atoms with Crippen LogP contribution in [0.3, 0.4) is 0 Å². The summed E-state index contributed by atoms with van der Waals surface area (Å²) in [4.78, 5) is 10.8. The van der Waals surface area contributed by atoms with Crippen molar-refractivity contribution in [3.63, 3.8) is 0 Å². The van der Waals surface area contributed by atoms with E-state index in [1.807, 2.05) is 0 Å². The molecule has 5 heteroatoms. The number of carbonyl (C=O) groups is 1. The van der Waals surface area contributed by atoms with E-state index in [0.29, 0.717) is 6.42 Å². The van der Waals surface area contributed by atoms with Crippen LogP contribution in [0.15, 0.2) is 12.1 Å². The van der Waals surface area contributed by atoms with Crippen LogP contribution in [-0.4, -0.2) is 11.1 Å². The summed E-state index contributed by atoms with van der Waals surface area (Å²) in [5, 5.41) is 17.5. The number of carboxylic acids is 1. The lowest BCUT2D eigenvalue weighted by Crippen LogP contribution is -2.04. The highest BCUT2D eigenvalue weighted by Crippen LogP contribution is 2.26. The summed E-state index contributed by atoms with van der Waals surface area (Å²) < 4.78 is 25.2. The van der Waals surface area contributed by atoms with Gasteiger partial charge in [0.05, 0.1) is 11.1 Å². The molecule has 84 valence electrons. The number of alkyl halides is 2. The molecule has 1 aromatic rings. The number of rotatable bonds is 3. The Morgan fingerprint density at radius 3 is 2.56 bits per heavy atom. The molecule has 0 unspecified atom stereocenters. The van der Waals surface area contributed by atoms with E-state index in [1.165, 1.54) is 0 Å². The fourth-order valence-corrected chi connectivity index (χ4v) is 1.44. The summed E-state index contributed by atoms with van der Waals surface area (Å²) in [5.41, 5.74) is -0.487. The van der Waals surface area contributed by atoms with Crippen molar-refractivity contribution in [2.75, 3.05) is 0 Å². The Morgan fingerprint density at radius 2 is 2.19 bits per heavy atom. The molecule has 0 atom stereocenters. The molecule has 0 aromatic heterocycles. The standard InChI is InChI=1S/C11H9F2NO2/c1-2-6-3-9(11(15)16)7(5-14)4-8(6)10(12)13/h3-4,10H,2H2,1H3,(H,15,16). The van der Waals surface area contributed by atoms with Crippen LogP contribution in [0.25, 0.3) is 0 Å². The zero-order valence-corrected chi connectivity index (χ0v) is 8.50. The SMILES string of the molecule is CCc1cc(C(=O)O)c(C#N)cc1C(F)F. The van der Waals surface area contributed by atoms with E-state index in [0.717, 1.165) is 12.1 Å². The van der Waals surface area contributed by atoms with Crippen LogP contribution in [0.5, 0.6) is 0 Å². The van der Waals surface area contributed by atoms with E-state index in [4.69, 9.17) is 10.4 Å². The van der Waals surface area contributed by atoms with Crippen LogP contribution in [0.2, 0.25) is 0 Å². The minimum Gasteiger partial charge on any atom is -0.478 e. The summed E-state index contributed by atoms with van der Waals surface area (Å²) in [5.74, 6) is -1.29. The Kier molecular flexibility index (Phi) is 3.56. The number of benzene rings is 1. The van der Waals surface area contributed by atoms with Crippen LogP contribution >= 0.6 is 0 Å². The molecule has 16 heavy (non-hydrogen) atoms. The van der Waals surface area contributed by atoms with Gasteiger partial charge in [-0.3, -0.25) is 0 Å². The lowest BCUT2D eigenvalue weighted by molar-refractivity contribution is 0.0696. The molecule has 0 amide bonds. The van der Waals surface area contributed by atoms with Gasteiger partial charge in [-0.25, -0.2) is 13.6 Å². The van der Waals surface area contributed by atoms with Crippen LogP contribution in [0, 0.1) is 11.3 Å². The number of aromatic carboxylic acids is 1. The molecule has 0 saturated heterocycles. The molecule has 3 nitrogen and oxygen atoms in total. The molecule has 0 spiro atoms. The monoisotopic (exact) mass is 225 g/mol. The van der Waals surface area contributed by atoms with Gasteiger partial charge in [-0.2, -0.15) is 5.26 Å². The van der Waals surface area contributed by atoms with Crippen LogP contribution in [0.4, 0.5) is 8.78 Å². The van der Waals surface area contributed by atoms with E-state index >= 15 is 0 Å². The maximum absolute atomic E-state index is 12.6. The first kappa shape index (κ1) is 12.1. The predicted molar refractivity (Wildman–Crippen MR) is 52.5 cm³/mol.